The van der Waals surface area contributed by atoms with Crippen molar-refractivity contribution in [2.24, 2.45) is 0 Å². The van der Waals surface area contributed by atoms with Crippen LogP contribution in [0.1, 0.15) is 17.0 Å². The number of likely N-dealkylation sites (N-methyl/N-ethyl adjacent to an activating group) is 1. The van der Waals surface area contributed by atoms with Gasteiger partial charge in [-0.3, -0.25) is 0 Å². The molecule has 5 heteroatoms. The summed E-state index contributed by atoms with van der Waals surface area (Å²) in [6, 6.07) is 8.30. The Hall–Kier alpha value is -2.14. The molecule has 5 nitrogen and oxygen atoms in total. The van der Waals surface area contributed by atoms with Gasteiger partial charge in [0.1, 0.15) is 17.5 Å². The maximum absolute atomic E-state index is 4.47. The fourth-order valence-corrected chi connectivity index (χ4v) is 2.14. The van der Waals surface area contributed by atoms with Gasteiger partial charge in [0.25, 0.3) is 0 Å². The third-order valence-electron chi connectivity index (χ3n) is 3.36. The molecule has 1 aromatic carbocycles. The average molecular weight is 299 g/mol. The standard InChI is InChI=1S/C17H25N5/c1-12-6-7-13(2)15(10-12)21-17-11-16(19-14(3)20-17)18-8-9-22(4)5/h6-7,10-11H,8-9H2,1-5H3,(H2,18,19,20,21). The lowest BCUT2D eigenvalue weighted by Gasteiger charge is -2.13. The van der Waals surface area contributed by atoms with Gasteiger partial charge in [-0.05, 0) is 52.1 Å². The highest BCUT2D eigenvalue weighted by molar-refractivity contribution is 5.63. The summed E-state index contributed by atoms with van der Waals surface area (Å²) in [4.78, 5) is 11.0. The number of nitrogens with one attached hydrogen (secondary N) is 2. The molecule has 22 heavy (non-hydrogen) atoms. The van der Waals surface area contributed by atoms with Crippen molar-refractivity contribution >= 4 is 17.3 Å². The molecule has 0 fully saturated rings. The Morgan fingerprint density at radius 3 is 2.45 bits per heavy atom. The molecule has 118 valence electrons. The molecule has 0 aliphatic carbocycles. The van der Waals surface area contributed by atoms with Crippen molar-refractivity contribution in [2.45, 2.75) is 20.8 Å². The third-order valence-corrected chi connectivity index (χ3v) is 3.36. The number of hydrogen-bond acceptors (Lipinski definition) is 5. The van der Waals surface area contributed by atoms with Crippen LogP contribution in [0.15, 0.2) is 24.3 Å². The maximum atomic E-state index is 4.47. The lowest BCUT2D eigenvalue weighted by molar-refractivity contribution is 0.425. The van der Waals surface area contributed by atoms with E-state index in [-0.39, 0.29) is 0 Å². The molecule has 2 aromatic rings. The second-order valence-electron chi connectivity index (χ2n) is 5.86. The molecule has 2 rings (SSSR count). The topological polar surface area (TPSA) is 53.1 Å². The first-order valence-corrected chi connectivity index (χ1v) is 7.52. The van der Waals surface area contributed by atoms with E-state index in [1.807, 2.05) is 13.0 Å². The van der Waals surface area contributed by atoms with Crippen LogP contribution in [0.2, 0.25) is 0 Å². The van der Waals surface area contributed by atoms with E-state index in [4.69, 9.17) is 0 Å². The van der Waals surface area contributed by atoms with Gasteiger partial charge in [0.2, 0.25) is 0 Å². The van der Waals surface area contributed by atoms with Gasteiger partial charge in [-0.2, -0.15) is 0 Å². The van der Waals surface area contributed by atoms with Crippen molar-refractivity contribution in [3.63, 3.8) is 0 Å². The second-order valence-corrected chi connectivity index (χ2v) is 5.86. The molecule has 2 N–H and O–H groups in total. The SMILES string of the molecule is Cc1ccc(C)c(Nc2cc(NCCN(C)C)nc(C)n2)c1. The Morgan fingerprint density at radius 1 is 1.00 bits per heavy atom. The van der Waals surface area contributed by atoms with Crippen molar-refractivity contribution < 1.29 is 0 Å². The minimum atomic E-state index is 0.752. The van der Waals surface area contributed by atoms with E-state index >= 15 is 0 Å². The average Bonchev–Trinajstić information content (AvgIpc) is 2.42. The van der Waals surface area contributed by atoms with E-state index < -0.39 is 0 Å². The first-order chi connectivity index (χ1) is 10.4. The Morgan fingerprint density at radius 2 is 1.73 bits per heavy atom. The lowest BCUT2D eigenvalue weighted by Crippen LogP contribution is -2.21. The zero-order valence-electron chi connectivity index (χ0n) is 14.1. The quantitative estimate of drug-likeness (QED) is 0.858. The fraction of sp³-hybridized carbons (Fsp3) is 0.412. The highest BCUT2D eigenvalue weighted by Crippen LogP contribution is 2.22. The molecular weight excluding hydrogens is 274 g/mol. The van der Waals surface area contributed by atoms with Crippen LogP contribution in [0, 0.1) is 20.8 Å². The van der Waals surface area contributed by atoms with Crippen LogP contribution in [-0.4, -0.2) is 42.1 Å². The second kappa shape index (κ2) is 7.22. The molecule has 1 heterocycles. The van der Waals surface area contributed by atoms with Crippen LogP contribution in [0.5, 0.6) is 0 Å². The molecule has 0 saturated carbocycles. The summed E-state index contributed by atoms with van der Waals surface area (Å²) in [7, 11) is 4.11. The third kappa shape index (κ3) is 4.70. The van der Waals surface area contributed by atoms with Crippen molar-refractivity contribution in [2.75, 3.05) is 37.8 Å². The van der Waals surface area contributed by atoms with Gasteiger partial charge in [0.15, 0.2) is 0 Å². The van der Waals surface area contributed by atoms with Crippen LogP contribution in [0.3, 0.4) is 0 Å². The van der Waals surface area contributed by atoms with Gasteiger partial charge >= 0.3 is 0 Å². The van der Waals surface area contributed by atoms with Crippen LogP contribution >= 0.6 is 0 Å². The van der Waals surface area contributed by atoms with E-state index in [9.17, 15) is 0 Å². The summed E-state index contributed by atoms with van der Waals surface area (Å²) in [5.41, 5.74) is 3.50. The number of anilines is 3. The minimum Gasteiger partial charge on any atom is -0.369 e. The first-order valence-electron chi connectivity index (χ1n) is 7.52. The van der Waals surface area contributed by atoms with Gasteiger partial charge in [0, 0.05) is 24.8 Å². The Kier molecular flexibility index (Phi) is 5.33. The van der Waals surface area contributed by atoms with E-state index in [1.165, 1.54) is 11.1 Å². The zero-order chi connectivity index (χ0) is 16.1. The monoisotopic (exact) mass is 299 g/mol. The van der Waals surface area contributed by atoms with Crippen molar-refractivity contribution in [3.8, 4) is 0 Å². The number of hydrogen-bond donors (Lipinski definition) is 2. The number of rotatable bonds is 6. The Labute approximate surface area is 132 Å². The number of aryl methyl sites for hydroxylation is 3. The van der Waals surface area contributed by atoms with E-state index in [0.717, 1.165) is 36.2 Å². The van der Waals surface area contributed by atoms with Crippen molar-refractivity contribution in [3.05, 3.63) is 41.2 Å². The minimum absolute atomic E-state index is 0.752. The molecule has 0 bridgehead atoms. The molecule has 0 radical (unpaired) electrons. The molecule has 0 spiro atoms. The van der Waals surface area contributed by atoms with Crippen LogP contribution < -0.4 is 10.6 Å². The highest BCUT2D eigenvalue weighted by Gasteiger charge is 2.04. The summed E-state index contributed by atoms with van der Waals surface area (Å²) in [5.74, 6) is 2.42. The van der Waals surface area contributed by atoms with Crippen LogP contribution in [0.4, 0.5) is 17.3 Å². The Bertz CT molecular complexity index is 637. The lowest BCUT2D eigenvalue weighted by atomic mass is 10.1. The molecule has 0 saturated heterocycles. The fourth-order valence-electron chi connectivity index (χ4n) is 2.14. The summed E-state index contributed by atoms with van der Waals surface area (Å²) in [5, 5.41) is 6.73. The molecular formula is C17H25N5. The summed E-state index contributed by atoms with van der Waals surface area (Å²) in [6.07, 6.45) is 0. The highest BCUT2D eigenvalue weighted by atomic mass is 15.1. The normalized spacial score (nSPS) is 10.8. The predicted molar refractivity (Wildman–Crippen MR) is 93.0 cm³/mol. The largest absolute Gasteiger partial charge is 0.369 e. The predicted octanol–water partition coefficient (Wildman–Crippen LogP) is 3.12. The number of aromatic nitrogens is 2. The van der Waals surface area contributed by atoms with Crippen molar-refractivity contribution in [1.82, 2.24) is 14.9 Å². The molecule has 1 aromatic heterocycles. The van der Waals surface area contributed by atoms with Crippen LogP contribution in [-0.2, 0) is 0 Å². The van der Waals surface area contributed by atoms with Gasteiger partial charge in [0.05, 0.1) is 0 Å². The molecule has 0 aliphatic heterocycles. The van der Waals surface area contributed by atoms with E-state index in [1.54, 1.807) is 0 Å². The van der Waals surface area contributed by atoms with Crippen molar-refractivity contribution in [1.29, 1.82) is 0 Å². The molecule has 0 unspecified atom stereocenters. The van der Waals surface area contributed by atoms with Crippen LogP contribution in [0.25, 0.3) is 0 Å². The molecule has 0 amide bonds. The molecule has 0 atom stereocenters. The Balaban J connectivity index is 2.13. The van der Waals surface area contributed by atoms with Gasteiger partial charge < -0.3 is 15.5 Å². The zero-order valence-corrected chi connectivity index (χ0v) is 14.1. The number of benzene rings is 1. The van der Waals surface area contributed by atoms with Gasteiger partial charge in [-0.15, -0.1) is 0 Å². The summed E-state index contributed by atoms with van der Waals surface area (Å²) < 4.78 is 0. The van der Waals surface area contributed by atoms with E-state index in [2.05, 4.69) is 71.6 Å². The van der Waals surface area contributed by atoms with Gasteiger partial charge in [-0.25, -0.2) is 9.97 Å². The summed E-state index contributed by atoms with van der Waals surface area (Å²) >= 11 is 0. The smallest absolute Gasteiger partial charge is 0.136 e. The first kappa shape index (κ1) is 16.2. The van der Waals surface area contributed by atoms with Gasteiger partial charge in [-0.1, -0.05) is 12.1 Å². The number of nitrogens with zero attached hydrogens (tertiary/aromatic N) is 3. The van der Waals surface area contributed by atoms with E-state index in [0.29, 0.717) is 0 Å². The molecule has 0 aliphatic rings. The summed E-state index contributed by atoms with van der Waals surface area (Å²) in [6.45, 7) is 7.90. The maximum Gasteiger partial charge on any atom is 0.136 e.